The Kier molecular flexibility index (Phi) is 6.79. The molecule has 0 radical (unpaired) electrons. The third kappa shape index (κ3) is 5.15. The number of hydrogen-bond acceptors (Lipinski definition) is 5. The van der Waals surface area contributed by atoms with Crippen LogP contribution in [0.5, 0.6) is 0 Å². The van der Waals surface area contributed by atoms with E-state index in [0.717, 1.165) is 22.8 Å². The van der Waals surface area contributed by atoms with Gasteiger partial charge < -0.3 is 10.6 Å². The summed E-state index contributed by atoms with van der Waals surface area (Å²) in [6.07, 6.45) is 1.74. The maximum Gasteiger partial charge on any atom is 0.270 e. The molecule has 1 atom stereocenters. The molecular weight excluding hydrogens is 470 g/mol. The summed E-state index contributed by atoms with van der Waals surface area (Å²) in [5.41, 5.74) is 3.13. The number of halogens is 1. The van der Waals surface area contributed by atoms with Crippen molar-refractivity contribution in [2.75, 3.05) is 5.32 Å². The molecule has 178 valence electrons. The highest BCUT2D eigenvalue weighted by atomic mass is 35.5. The number of nitro benzene ring substituents is 1. The Labute approximate surface area is 205 Å². The smallest absolute Gasteiger partial charge is 0.270 e. The lowest BCUT2D eigenvalue weighted by Crippen LogP contribution is -2.47. The van der Waals surface area contributed by atoms with Gasteiger partial charge in [0.25, 0.3) is 11.6 Å². The van der Waals surface area contributed by atoms with E-state index in [1.807, 2.05) is 41.0 Å². The number of hydrogen-bond donors (Lipinski definition) is 2. The van der Waals surface area contributed by atoms with Gasteiger partial charge in [0.05, 0.1) is 26.5 Å². The van der Waals surface area contributed by atoms with Gasteiger partial charge in [0.15, 0.2) is 0 Å². The minimum Gasteiger partial charge on any atom is -0.340 e. The maximum atomic E-state index is 13.0. The predicted octanol–water partition coefficient (Wildman–Crippen LogP) is 4.98. The second-order valence-corrected chi connectivity index (χ2v) is 8.66. The number of aromatic nitrogens is 2. The first-order valence-corrected chi connectivity index (χ1v) is 11.2. The van der Waals surface area contributed by atoms with Crippen LogP contribution in [0.25, 0.3) is 16.7 Å². The van der Waals surface area contributed by atoms with Crippen LogP contribution in [0.3, 0.4) is 0 Å². The van der Waals surface area contributed by atoms with Crippen LogP contribution in [0.1, 0.15) is 24.2 Å². The van der Waals surface area contributed by atoms with Gasteiger partial charge in [-0.1, -0.05) is 37.6 Å². The first kappa shape index (κ1) is 23.9. The summed E-state index contributed by atoms with van der Waals surface area (Å²) >= 11 is 6.06. The molecule has 2 N–H and O–H groups in total. The highest BCUT2D eigenvalue weighted by Crippen LogP contribution is 2.23. The SMILES string of the molecule is CC(C)C(NC(=O)c1ccc([N+](=O)[O-])cc1Cl)C(=O)Nc1ccc(-n2cnc3ccccc32)cc1. The van der Waals surface area contributed by atoms with Crippen LogP contribution >= 0.6 is 11.6 Å². The molecule has 0 bridgehead atoms. The van der Waals surface area contributed by atoms with E-state index in [-0.39, 0.29) is 22.2 Å². The molecule has 3 aromatic carbocycles. The fraction of sp³-hybridized carbons (Fsp3) is 0.160. The van der Waals surface area contributed by atoms with E-state index in [9.17, 15) is 19.7 Å². The second-order valence-electron chi connectivity index (χ2n) is 8.26. The summed E-state index contributed by atoms with van der Waals surface area (Å²) in [4.78, 5) is 40.4. The molecule has 0 fully saturated rings. The fourth-order valence-corrected chi connectivity index (χ4v) is 3.91. The first-order chi connectivity index (χ1) is 16.7. The Morgan fingerprint density at radius 3 is 2.43 bits per heavy atom. The van der Waals surface area contributed by atoms with Crippen LogP contribution < -0.4 is 10.6 Å². The summed E-state index contributed by atoms with van der Waals surface area (Å²) in [5, 5.41) is 16.3. The molecule has 0 aliphatic rings. The summed E-state index contributed by atoms with van der Waals surface area (Å²) in [6, 6.07) is 17.8. The van der Waals surface area contributed by atoms with E-state index in [2.05, 4.69) is 15.6 Å². The third-order valence-electron chi connectivity index (χ3n) is 5.51. The number of amides is 2. The van der Waals surface area contributed by atoms with Crippen molar-refractivity contribution < 1.29 is 14.5 Å². The van der Waals surface area contributed by atoms with Crippen molar-refractivity contribution in [2.24, 2.45) is 5.92 Å². The van der Waals surface area contributed by atoms with Gasteiger partial charge in [-0.2, -0.15) is 0 Å². The number of nitrogens with one attached hydrogen (secondary N) is 2. The van der Waals surface area contributed by atoms with Gasteiger partial charge in [-0.05, 0) is 48.4 Å². The Bertz CT molecular complexity index is 1420. The van der Waals surface area contributed by atoms with Crippen LogP contribution in [0.15, 0.2) is 73.1 Å². The molecule has 10 heteroatoms. The average Bonchev–Trinajstić information content (AvgIpc) is 3.26. The van der Waals surface area contributed by atoms with Gasteiger partial charge in [0.1, 0.15) is 12.4 Å². The fourth-order valence-electron chi connectivity index (χ4n) is 3.65. The largest absolute Gasteiger partial charge is 0.340 e. The van der Waals surface area contributed by atoms with Crippen LogP contribution in [-0.4, -0.2) is 32.3 Å². The Morgan fingerprint density at radius 2 is 1.77 bits per heavy atom. The van der Waals surface area contributed by atoms with Crippen LogP contribution in [0, 0.1) is 16.0 Å². The normalized spacial score (nSPS) is 11.9. The van der Waals surface area contributed by atoms with Gasteiger partial charge >= 0.3 is 0 Å². The molecule has 1 heterocycles. The van der Waals surface area contributed by atoms with Crippen molar-refractivity contribution in [1.29, 1.82) is 0 Å². The number of nitrogens with zero attached hydrogens (tertiary/aromatic N) is 3. The number of carbonyl (C=O) groups excluding carboxylic acids is 2. The number of nitro groups is 1. The van der Waals surface area contributed by atoms with Crippen molar-refractivity contribution in [2.45, 2.75) is 19.9 Å². The molecule has 4 aromatic rings. The lowest BCUT2D eigenvalue weighted by atomic mass is 10.0. The molecule has 0 aliphatic heterocycles. The minimum absolute atomic E-state index is 0.0487. The van der Waals surface area contributed by atoms with E-state index in [4.69, 9.17) is 11.6 Å². The number of non-ortho nitro benzene ring substituents is 1. The average molecular weight is 492 g/mol. The highest BCUT2D eigenvalue weighted by Gasteiger charge is 2.26. The number of anilines is 1. The first-order valence-electron chi connectivity index (χ1n) is 10.8. The number of carbonyl (C=O) groups is 2. The zero-order valence-electron chi connectivity index (χ0n) is 18.9. The zero-order chi connectivity index (χ0) is 25.1. The molecule has 0 saturated carbocycles. The van der Waals surface area contributed by atoms with Crippen molar-refractivity contribution in [3.05, 3.63) is 93.8 Å². The summed E-state index contributed by atoms with van der Waals surface area (Å²) in [6.45, 7) is 3.60. The lowest BCUT2D eigenvalue weighted by Gasteiger charge is -2.22. The van der Waals surface area contributed by atoms with E-state index >= 15 is 0 Å². The van der Waals surface area contributed by atoms with E-state index < -0.39 is 22.8 Å². The maximum absolute atomic E-state index is 13.0. The third-order valence-corrected chi connectivity index (χ3v) is 5.82. The number of rotatable bonds is 7. The molecule has 0 saturated heterocycles. The van der Waals surface area contributed by atoms with Crippen molar-refractivity contribution in [3.8, 4) is 5.69 Å². The second kappa shape index (κ2) is 9.94. The Morgan fingerprint density at radius 1 is 1.06 bits per heavy atom. The van der Waals surface area contributed by atoms with Crippen molar-refractivity contribution >= 4 is 45.8 Å². The van der Waals surface area contributed by atoms with E-state index in [0.29, 0.717) is 5.69 Å². The van der Waals surface area contributed by atoms with E-state index in [1.54, 1.807) is 32.3 Å². The Hall–Kier alpha value is -4.24. The monoisotopic (exact) mass is 491 g/mol. The molecule has 0 spiro atoms. The van der Waals surface area contributed by atoms with Gasteiger partial charge in [0.2, 0.25) is 5.91 Å². The zero-order valence-corrected chi connectivity index (χ0v) is 19.7. The molecular formula is C25H22ClN5O4. The van der Waals surface area contributed by atoms with Crippen molar-refractivity contribution in [1.82, 2.24) is 14.9 Å². The molecule has 9 nitrogen and oxygen atoms in total. The predicted molar refractivity (Wildman–Crippen MR) is 134 cm³/mol. The standard InChI is InChI=1S/C25H22ClN5O4/c1-15(2)23(29-24(32)19-12-11-18(31(34)35)13-20(19)26)25(33)28-16-7-9-17(10-8-16)30-14-27-21-5-3-4-6-22(21)30/h3-15,23H,1-2H3,(H,28,33)(H,29,32). The molecule has 4 rings (SSSR count). The van der Waals surface area contributed by atoms with Gasteiger partial charge in [-0.15, -0.1) is 0 Å². The lowest BCUT2D eigenvalue weighted by molar-refractivity contribution is -0.384. The van der Waals surface area contributed by atoms with Gasteiger partial charge in [-0.25, -0.2) is 4.98 Å². The number of benzene rings is 3. The quantitative estimate of drug-likeness (QED) is 0.279. The topological polar surface area (TPSA) is 119 Å². The molecule has 1 aromatic heterocycles. The van der Waals surface area contributed by atoms with Gasteiger partial charge in [0, 0.05) is 23.5 Å². The summed E-state index contributed by atoms with van der Waals surface area (Å²) < 4.78 is 1.95. The van der Waals surface area contributed by atoms with Crippen molar-refractivity contribution in [3.63, 3.8) is 0 Å². The van der Waals surface area contributed by atoms with Crippen LogP contribution in [0.4, 0.5) is 11.4 Å². The molecule has 1 unspecified atom stereocenters. The summed E-state index contributed by atoms with van der Waals surface area (Å²) in [5.74, 6) is -1.22. The molecule has 2 amide bonds. The molecule has 35 heavy (non-hydrogen) atoms. The van der Waals surface area contributed by atoms with Gasteiger partial charge in [-0.3, -0.25) is 24.3 Å². The van der Waals surface area contributed by atoms with E-state index in [1.165, 1.54) is 12.1 Å². The van der Waals surface area contributed by atoms with Crippen LogP contribution in [-0.2, 0) is 4.79 Å². The number of para-hydroxylation sites is 2. The number of imidazole rings is 1. The number of fused-ring (bicyclic) bond motifs is 1. The molecule has 0 aliphatic carbocycles. The Balaban J connectivity index is 1.47. The summed E-state index contributed by atoms with van der Waals surface area (Å²) in [7, 11) is 0. The minimum atomic E-state index is -0.856. The van der Waals surface area contributed by atoms with Crippen LogP contribution in [0.2, 0.25) is 5.02 Å². The highest BCUT2D eigenvalue weighted by molar-refractivity contribution is 6.34.